The van der Waals surface area contributed by atoms with Gasteiger partial charge in [0.2, 0.25) is 0 Å². The van der Waals surface area contributed by atoms with E-state index in [2.05, 4.69) is 11.8 Å². The zero-order chi connectivity index (χ0) is 27.3. The van der Waals surface area contributed by atoms with Gasteiger partial charge in [0.15, 0.2) is 0 Å². The molecule has 2 aromatic carbocycles. The predicted molar refractivity (Wildman–Crippen MR) is 141 cm³/mol. The molecule has 4 rings (SSSR count). The van der Waals surface area contributed by atoms with E-state index in [1.54, 1.807) is 60.7 Å². The van der Waals surface area contributed by atoms with Crippen LogP contribution in [0, 0.1) is 11.8 Å². The topological polar surface area (TPSA) is 83.5 Å². The molecule has 1 saturated heterocycles. The molecule has 1 saturated carbocycles. The first-order valence-electron chi connectivity index (χ1n) is 13.4. The number of hydroxylamine groups is 2. The fourth-order valence-corrected chi connectivity index (χ4v) is 4.41. The maximum Gasteiger partial charge on any atom is 0.539 e. The molecule has 39 heavy (non-hydrogen) atoms. The SMILES string of the molecule is O=C(Oc1ccccc1)ON(CCC#C[C@@H]1CCC[C@@H](COC2CCC(F)CC2)O1)C(=O)Oc1ccccc1. The van der Waals surface area contributed by atoms with Crippen LogP contribution in [0.3, 0.4) is 0 Å². The van der Waals surface area contributed by atoms with Crippen LogP contribution in [0.15, 0.2) is 60.7 Å². The molecule has 8 nitrogen and oxygen atoms in total. The third-order valence-electron chi connectivity index (χ3n) is 6.45. The first-order chi connectivity index (χ1) is 19.0. The molecule has 1 aliphatic heterocycles. The number of rotatable bonds is 7. The molecule has 2 fully saturated rings. The van der Waals surface area contributed by atoms with Crippen molar-refractivity contribution < 1.29 is 37.8 Å². The van der Waals surface area contributed by atoms with Gasteiger partial charge in [-0.05, 0) is 69.2 Å². The molecule has 1 aliphatic carbocycles. The van der Waals surface area contributed by atoms with Crippen LogP contribution >= 0.6 is 0 Å². The van der Waals surface area contributed by atoms with Gasteiger partial charge in [-0.2, -0.15) is 0 Å². The van der Waals surface area contributed by atoms with E-state index < -0.39 is 18.4 Å². The summed E-state index contributed by atoms with van der Waals surface area (Å²) in [5.41, 5.74) is 0. The van der Waals surface area contributed by atoms with E-state index in [-0.39, 0.29) is 37.0 Å². The lowest BCUT2D eigenvalue weighted by molar-refractivity contribution is -0.0905. The summed E-state index contributed by atoms with van der Waals surface area (Å²) < 4.78 is 35.8. The van der Waals surface area contributed by atoms with Gasteiger partial charge < -0.3 is 18.9 Å². The summed E-state index contributed by atoms with van der Waals surface area (Å²) in [6.45, 7) is 0.454. The van der Waals surface area contributed by atoms with Crippen molar-refractivity contribution in [3.8, 4) is 23.3 Å². The van der Waals surface area contributed by atoms with Gasteiger partial charge >= 0.3 is 12.2 Å². The Morgan fingerprint density at radius 2 is 1.56 bits per heavy atom. The van der Waals surface area contributed by atoms with Crippen LogP contribution in [0.25, 0.3) is 0 Å². The Hall–Kier alpha value is -3.61. The highest BCUT2D eigenvalue weighted by Gasteiger charge is 2.26. The van der Waals surface area contributed by atoms with Crippen molar-refractivity contribution in [3.63, 3.8) is 0 Å². The summed E-state index contributed by atoms with van der Waals surface area (Å²) in [7, 11) is 0. The highest BCUT2D eigenvalue weighted by atomic mass is 19.1. The van der Waals surface area contributed by atoms with Crippen LogP contribution < -0.4 is 9.47 Å². The van der Waals surface area contributed by atoms with E-state index in [1.807, 2.05) is 0 Å². The van der Waals surface area contributed by atoms with Crippen molar-refractivity contribution in [2.75, 3.05) is 13.2 Å². The van der Waals surface area contributed by atoms with Crippen molar-refractivity contribution in [2.45, 2.75) is 75.9 Å². The molecule has 2 aliphatic rings. The molecule has 0 spiro atoms. The zero-order valence-electron chi connectivity index (χ0n) is 21.8. The minimum Gasteiger partial charge on any atom is -0.408 e. The number of halogens is 1. The van der Waals surface area contributed by atoms with Gasteiger partial charge in [-0.1, -0.05) is 48.2 Å². The number of hydrogen-bond donors (Lipinski definition) is 0. The highest BCUT2D eigenvalue weighted by molar-refractivity contribution is 5.72. The second-order valence-corrected chi connectivity index (χ2v) is 9.50. The normalized spacial score (nSPS) is 22.6. The molecule has 9 heteroatoms. The molecule has 0 bridgehead atoms. The lowest BCUT2D eigenvalue weighted by Crippen LogP contribution is -2.37. The van der Waals surface area contributed by atoms with Crippen LogP contribution in [0.5, 0.6) is 11.5 Å². The van der Waals surface area contributed by atoms with Gasteiger partial charge in [0.1, 0.15) is 23.8 Å². The van der Waals surface area contributed by atoms with Crippen molar-refractivity contribution in [1.29, 1.82) is 0 Å². The molecule has 0 radical (unpaired) electrons. The lowest BCUT2D eigenvalue weighted by Gasteiger charge is -2.30. The number of hydrogen-bond acceptors (Lipinski definition) is 7. The summed E-state index contributed by atoms with van der Waals surface area (Å²) >= 11 is 0. The fourth-order valence-electron chi connectivity index (χ4n) is 4.41. The summed E-state index contributed by atoms with van der Waals surface area (Å²) in [5, 5.41) is 0.789. The summed E-state index contributed by atoms with van der Waals surface area (Å²) in [6.07, 6.45) is 2.67. The predicted octanol–water partition coefficient (Wildman–Crippen LogP) is 6.25. The van der Waals surface area contributed by atoms with Crippen LogP contribution in [-0.2, 0) is 14.3 Å². The number of carbonyl (C=O) groups is 2. The molecule has 1 amide bonds. The Morgan fingerprint density at radius 3 is 2.26 bits per heavy atom. The van der Waals surface area contributed by atoms with Crippen LogP contribution in [0.1, 0.15) is 51.4 Å². The molecule has 208 valence electrons. The van der Waals surface area contributed by atoms with Gasteiger partial charge in [-0.3, -0.25) is 4.84 Å². The quantitative estimate of drug-likeness (QED) is 0.178. The second kappa shape index (κ2) is 15.1. The number of para-hydroxylation sites is 2. The number of benzene rings is 2. The second-order valence-electron chi connectivity index (χ2n) is 9.50. The van der Waals surface area contributed by atoms with Crippen LogP contribution in [-0.4, -0.2) is 54.9 Å². The van der Waals surface area contributed by atoms with E-state index in [9.17, 15) is 14.0 Å². The van der Waals surface area contributed by atoms with Gasteiger partial charge in [-0.25, -0.2) is 14.0 Å². The summed E-state index contributed by atoms with van der Waals surface area (Å²) in [4.78, 5) is 30.2. The first-order valence-corrected chi connectivity index (χ1v) is 13.4. The minimum atomic E-state index is -1.07. The molecular weight excluding hydrogens is 505 g/mol. The molecule has 1 heterocycles. The van der Waals surface area contributed by atoms with E-state index >= 15 is 0 Å². The Kier molecular flexibility index (Phi) is 11.0. The fraction of sp³-hybridized carbons (Fsp3) is 0.467. The molecule has 2 aromatic rings. The highest BCUT2D eigenvalue weighted by Crippen LogP contribution is 2.25. The zero-order valence-corrected chi connectivity index (χ0v) is 21.8. The van der Waals surface area contributed by atoms with Gasteiger partial charge in [0, 0.05) is 6.42 Å². The van der Waals surface area contributed by atoms with Crippen molar-refractivity contribution in [2.24, 2.45) is 0 Å². The maximum atomic E-state index is 13.3. The molecule has 0 aromatic heterocycles. The Balaban J connectivity index is 1.27. The monoisotopic (exact) mass is 539 g/mol. The van der Waals surface area contributed by atoms with E-state index in [1.165, 1.54) is 0 Å². The molecule has 0 unspecified atom stereocenters. The standard InChI is InChI=1S/C30H34FNO7/c31-23-17-19-24(20-18-23)35-22-28-16-9-15-25(36-28)14-7-8-21-32(29(33)37-26-10-3-1-4-11-26)39-30(34)38-27-12-5-2-6-13-27/h1-6,10-13,23-25,28H,8-9,15-22H2/t23?,24?,25-,28+/m1/s1. The molecule has 0 N–H and O–H groups in total. The smallest absolute Gasteiger partial charge is 0.408 e. The van der Waals surface area contributed by atoms with Crippen molar-refractivity contribution in [1.82, 2.24) is 5.06 Å². The minimum absolute atomic E-state index is 0.0287. The van der Waals surface area contributed by atoms with E-state index in [0.29, 0.717) is 25.2 Å². The maximum absolute atomic E-state index is 13.3. The average Bonchev–Trinajstić information content (AvgIpc) is 2.95. The van der Waals surface area contributed by atoms with E-state index in [4.69, 9.17) is 23.8 Å². The van der Waals surface area contributed by atoms with Crippen molar-refractivity contribution in [3.05, 3.63) is 60.7 Å². The molecule has 2 atom stereocenters. The largest absolute Gasteiger partial charge is 0.539 e. The number of ether oxygens (including phenoxy) is 4. The van der Waals surface area contributed by atoms with Crippen molar-refractivity contribution >= 4 is 12.2 Å². The van der Waals surface area contributed by atoms with Crippen LogP contribution in [0.2, 0.25) is 0 Å². The van der Waals surface area contributed by atoms with Gasteiger partial charge in [0.05, 0.1) is 25.4 Å². The van der Waals surface area contributed by atoms with Gasteiger partial charge in [0.25, 0.3) is 0 Å². The number of carbonyl (C=O) groups excluding carboxylic acids is 2. The summed E-state index contributed by atoms with van der Waals surface area (Å²) in [5.74, 6) is 6.71. The summed E-state index contributed by atoms with van der Waals surface area (Å²) in [6, 6.07) is 16.9. The lowest BCUT2D eigenvalue weighted by atomic mass is 9.96. The third kappa shape index (κ3) is 9.89. The Morgan fingerprint density at radius 1 is 0.897 bits per heavy atom. The average molecular weight is 540 g/mol. The third-order valence-corrected chi connectivity index (χ3v) is 6.45. The first kappa shape index (κ1) is 28.4. The number of amides is 1. The van der Waals surface area contributed by atoms with Crippen LogP contribution in [0.4, 0.5) is 14.0 Å². The number of nitrogens with zero attached hydrogens (tertiary/aromatic N) is 1. The van der Waals surface area contributed by atoms with E-state index in [0.717, 1.165) is 37.2 Å². The molecular formula is C30H34FNO7. The Bertz CT molecular complexity index is 1100. The Labute approximate surface area is 228 Å². The number of alkyl halides is 1. The van der Waals surface area contributed by atoms with Gasteiger partial charge in [-0.15, -0.1) is 5.06 Å².